The molecule has 1 saturated carbocycles. The Hall–Kier alpha value is -1.46. The highest BCUT2D eigenvalue weighted by atomic mass is 35.5. The first kappa shape index (κ1) is 14.5. The summed E-state index contributed by atoms with van der Waals surface area (Å²) in [6.07, 6.45) is 3.07. The Morgan fingerprint density at radius 2 is 2.00 bits per heavy atom. The van der Waals surface area contributed by atoms with Crippen LogP contribution in [0.25, 0.3) is 0 Å². The number of hydrogen-bond acceptors (Lipinski definition) is 4. The van der Waals surface area contributed by atoms with Gasteiger partial charge >= 0.3 is 0 Å². The third kappa shape index (κ3) is 3.09. The van der Waals surface area contributed by atoms with Crippen LogP contribution >= 0.6 is 11.6 Å². The molecule has 2 atom stereocenters. The van der Waals surface area contributed by atoms with E-state index in [1.54, 1.807) is 12.1 Å². The van der Waals surface area contributed by atoms with E-state index in [1.807, 2.05) is 0 Å². The Labute approximate surface area is 128 Å². The first-order valence-corrected chi connectivity index (χ1v) is 7.61. The number of carbonyl (C=O) groups is 1. The summed E-state index contributed by atoms with van der Waals surface area (Å²) >= 11 is 6.13. The van der Waals surface area contributed by atoms with Crippen LogP contribution in [0.3, 0.4) is 0 Å². The van der Waals surface area contributed by atoms with Crippen molar-refractivity contribution in [3.05, 3.63) is 22.7 Å². The van der Waals surface area contributed by atoms with E-state index >= 15 is 0 Å². The van der Waals surface area contributed by atoms with Crippen LogP contribution in [0, 0.1) is 0 Å². The predicted octanol–water partition coefficient (Wildman–Crippen LogP) is 2.14. The molecular weight excluding hydrogens is 294 g/mol. The number of nitrogens with one attached hydrogen (secondary N) is 1. The van der Waals surface area contributed by atoms with Crippen LogP contribution in [0.4, 0.5) is 0 Å². The summed E-state index contributed by atoms with van der Waals surface area (Å²) in [5.74, 6) is 0.722. The molecule has 0 bridgehead atoms. The van der Waals surface area contributed by atoms with Crippen LogP contribution in [0.2, 0.25) is 5.02 Å². The van der Waals surface area contributed by atoms with E-state index in [2.05, 4.69) is 5.32 Å². The number of hydrogen-bond donors (Lipinski definition) is 2. The van der Waals surface area contributed by atoms with E-state index in [1.165, 1.54) is 0 Å². The highest BCUT2D eigenvalue weighted by Crippen LogP contribution is 2.38. The number of aliphatic hydroxyl groups excluding tert-OH is 1. The van der Waals surface area contributed by atoms with Crippen molar-refractivity contribution in [2.45, 2.75) is 37.8 Å². The lowest BCUT2D eigenvalue weighted by Crippen LogP contribution is -2.45. The molecule has 2 N–H and O–H groups in total. The highest BCUT2D eigenvalue weighted by molar-refractivity contribution is 6.32. The summed E-state index contributed by atoms with van der Waals surface area (Å²) in [7, 11) is 0. The van der Waals surface area contributed by atoms with Crippen LogP contribution in [-0.2, 0) is 0 Å². The largest absolute Gasteiger partial charge is 0.486 e. The second kappa shape index (κ2) is 6.12. The quantitative estimate of drug-likeness (QED) is 0.878. The molecule has 1 aromatic rings. The lowest BCUT2D eigenvalue weighted by atomic mass is 9.92. The van der Waals surface area contributed by atoms with E-state index in [0.29, 0.717) is 35.3 Å². The van der Waals surface area contributed by atoms with Crippen molar-refractivity contribution in [1.29, 1.82) is 0 Å². The van der Waals surface area contributed by atoms with Crippen LogP contribution in [0.1, 0.15) is 36.0 Å². The number of halogens is 1. The van der Waals surface area contributed by atoms with Crippen LogP contribution < -0.4 is 14.8 Å². The summed E-state index contributed by atoms with van der Waals surface area (Å²) < 4.78 is 10.9. The summed E-state index contributed by atoms with van der Waals surface area (Å²) in [4.78, 5) is 12.3. The fourth-order valence-corrected chi connectivity index (χ4v) is 3.04. The van der Waals surface area contributed by atoms with Gasteiger partial charge in [-0.2, -0.15) is 0 Å². The van der Waals surface area contributed by atoms with Crippen molar-refractivity contribution in [2.24, 2.45) is 0 Å². The molecule has 1 aliphatic carbocycles. The number of amides is 1. The molecule has 1 aliphatic heterocycles. The average molecular weight is 312 g/mol. The molecule has 21 heavy (non-hydrogen) atoms. The first-order chi connectivity index (χ1) is 10.1. The Balaban J connectivity index is 1.76. The SMILES string of the molecule is O=C(NC1CCCCC1O)c1cc(Cl)c2c(c1)OCCO2. The standard InChI is InChI=1S/C15H18ClNO4/c16-10-7-9(8-13-14(10)21-6-5-20-13)15(19)17-11-3-1-2-4-12(11)18/h7-8,11-12,18H,1-6H2,(H,17,19). The molecule has 1 heterocycles. The van der Waals surface area contributed by atoms with Crippen LogP contribution in [0.5, 0.6) is 11.5 Å². The van der Waals surface area contributed by atoms with Gasteiger partial charge in [-0.3, -0.25) is 4.79 Å². The van der Waals surface area contributed by atoms with E-state index in [4.69, 9.17) is 21.1 Å². The number of aliphatic hydroxyl groups is 1. The topological polar surface area (TPSA) is 67.8 Å². The first-order valence-electron chi connectivity index (χ1n) is 7.23. The number of rotatable bonds is 2. The van der Waals surface area contributed by atoms with Crippen molar-refractivity contribution in [3.63, 3.8) is 0 Å². The number of carbonyl (C=O) groups excluding carboxylic acids is 1. The molecular formula is C15H18ClNO4. The zero-order valence-corrected chi connectivity index (χ0v) is 12.4. The van der Waals surface area contributed by atoms with Gasteiger partial charge in [-0.15, -0.1) is 0 Å². The van der Waals surface area contributed by atoms with Gasteiger partial charge in [0.05, 0.1) is 17.2 Å². The van der Waals surface area contributed by atoms with E-state index < -0.39 is 6.10 Å². The molecule has 2 unspecified atom stereocenters. The van der Waals surface area contributed by atoms with E-state index in [-0.39, 0.29) is 11.9 Å². The molecule has 3 rings (SSSR count). The van der Waals surface area contributed by atoms with Gasteiger partial charge in [0, 0.05) is 5.56 Å². The van der Waals surface area contributed by atoms with Crippen LogP contribution in [-0.4, -0.2) is 36.4 Å². The molecule has 0 spiro atoms. The second-order valence-electron chi connectivity index (χ2n) is 5.41. The maximum atomic E-state index is 12.3. The summed E-state index contributed by atoms with van der Waals surface area (Å²) in [5, 5.41) is 13.2. The Morgan fingerprint density at radius 1 is 1.24 bits per heavy atom. The molecule has 114 valence electrons. The summed E-state index contributed by atoms with van der Waals surface area (Å²) in [6, 6.07) is 3.00. The van der Waals surface area contributed by atoms with Crippen molar-refractivity contribution in [2.75, 3.05) is 13.2 Å². The van der Waals surface area contributed by atoms with E-state index in [0.717, 1.165) is 25.7 Å². The van der Waals surface area contributed by atoms with Crippen LogP contribution in [0.15, 0.2) is 12.1 Å². The minimum Gasteiger partial charge on any atom is -0.486 e. The number of ether oxygens (including phenoxy) is 2. The van der Waals surface area contributed by atoms with Gasteiger partial charge in [0.1, 0.15) is 13.2 Å². The highest BCUT2D eigenvalue weighted by Gasteiger charge is 2.26. The molecule has 0 aromatic heterocycles. The molecule has 1 fully saturated rings. The van der Waals surface area contributed by atoms with E-state index in [9.17, 15) is 9.90 Å². The number of benzene rings is 1. The lowest BCUT2D eigenvalue weighted by Gasteiger charge is -2.28. The van der Waals surface area contributed by atoms with Gasteiger partial charge in [-0.1, -0.05) is 24.4 Å². The molecule has 5 nitrogen and oxygen atoms in total. The Kier molecular flexibility index (Phi) is 4.22. The fraction of sp³-hybridized carbons (Fsp3) is 0.533. The molecule has 0 radical (unpaired) electrons. The molecule has 0 saturated heterocycles. The minimum absolute atomic E-state index is 0.196. The van der Waals surface area contributed by atoms with Gasteiger partial charge < -0.3 is 19.9 Å². The van der Waals surface area contributed by atoms with Gasteiger partial charge in [-0.25, -0.2) is 0 Å². The van der Waals surface area contributed by atoms with Gasteiger partial charge in [0.25, 0.3) is 5.91 Å². The maximum Gasteiger partial charge on any atom is 0.251 e. The monoisotopic (exact) mass is 311 g/mol. The van der Waals surface area contributed by atoms with Gasteiger partial charge in [0.15, 0.2) is 11.5 Å². The minimum atomic E-state index is -0.476. The third-order valence-electron chi connectivity index (χ3n) is 3.90. The van der Waals surface area contributed by atoms with Crippen molar-refractivity contribution in [3.8, 4) is 11.5 Å². The average Bonchev–Trinajstić information content (AvgIpc) is 2.49. The second-order valence-corrected chi connectivity index (χ2v) is 5.82. The Bertz CT molecular complexity index is 549. The van der Waals surface area contributed by atoms with Crippen molar-refractivity contribution >= 4 is 17.5 Å². The maximum absolute atomic E-state index is 12.3. The van der Waals surface area contributed by atoms with Crippen molar-refractivity contribution in [1.82, 2.24) is 5.32 Å². The molecule has 1 amide bonds. The molecule has 2 aliphatic rings. The normalized spacial score (nSPS) is 24.5. The third-order valence-corrected chi connectivity index (χ3v) is 4.19. The van der Waals surface area contributed by atoms with Gasteiger partial charge in [0.2, 0.25) is 0 Å². The molecule has 6 heteroatoms. The molecule has 1 aromatic carbocycles. The lowest BCUT2D eigenvalue weighted by molar-refractivity contribution is 0.0716. The zero-order chi connectivity index (χ0) is 14.8. The van der Waals surface area contributed by atoms with Gasteiger partial charge in [-0.05, 0) is 25.0 Å². The number of fused-ring (bicyclic) bond motifs is 1. The smallest absolute Gasteiger partial charge is 0.251 e. The Morgan fingerprint density at radius 3 is 2.81 bits per heavy atom. The summed E-state index contributed by atoms with van der Waals surface area (Å²) in [5.41, 5.74) is 0.419. The van der Waals surface area contributed by atoms with Crippen molar-refractivity contribution < 1.29 is 19.4 Å². The zero-order valence-electron chi connectivity index (χ0n) is 11.6. The fourth-order valence-electron chi connectivity index (χ4n) is 2.77. The predicted molar refractivity (Wildman–Crippen MR) is 78.2 cm³/mol. The summed E-state index contributed by atoms with van der Waals surface area (Å²) in [6.45, 7) is 0.891.